The van der Waals surface area contributed by atoms with Crippen LogP contribution < -0.4 is 14.8 Å². The summed E-state index contributed by atoms with van der Waals surface area (Å²) >= 11 is 12.9. The Bertz CT molecular complexity index is 1690. The van der Waals surface area contributed by atoms with Crippen LogP contribution in [0.5, 0.6) is 5.75 Å². The SMILES string of the molecule is O=C(NSN=Cc1ccc2c(ccc3c2cnn3-c2ccc(OC(F)(F)F)cc2)c1)Nc1c(Cl)cccc1Cl. The van der Waals surface area contributed by atoms with Crippen LogP contribution in [0.25, 0.3) is 27.4 Å². The number of urea groups is 1. The molecule has 0 bridgehead atoms. The number of nitrogens with zero attached hydrogens (tertiary/aromatic N) is 3. The first kappa shape index (κ1) is 26.7. The predicted octanol–water partition coefficient (Wildman–Crippen LogP) is 8.19. The Balaban J connectivity index is 1.27. The van der Waals surface area contributed by atoms with Crippen molar-refractivity contribution < 1.29 is 22.7 Å². The van der Waals surface area contributed by atoms with Gasteiger partial charge < -0.3 is 10.1 Å². The second kappa shape index (κ2) is 11.0. The number of carbonyl (C=O) groups is 1. The molecule has 0 aliphatic rings. The summed E-state index contributed by atoms with van der Waals surface area (Å²) in [6, 6.07) is 19.4. The summed E-state index contributed by atoms with van der Waals surface area (Å²) in [6.07, 6.45) is -1.45. The number of hydrogen-bond donors (Lipinski definition) is 2. The molecule has 0 radical (unpaired) electrons. The lowest BCUT2D eigenvalue weighted by Crippen LogP contribution is -2.22. The number of anilines is 1. The number of benzene rings is 4. The zero-order valence-corrected chi connectivity index (χ0v) is 21.9. The summed E-state index contributed by atoms with van der Waals surface area (Å²) in [5, 5.41) is 10.4. The summed E-state index contributed by atoms with van der Waals surface area (Å²) in [6.45, 7) is 0. The van der Waals surface area contributed by atoms with Crippen molar-refractivity contribution in [2.75, 3.05) is 5.32 Å². The fourth-order valence-electron chi connectivity index (χ4n) is 3.85. The molecule has 5 aromatic rings. The van der Waals surface area contributed by atoms with E-state index < -0.39 is 12.4 Å². The van der Waals surface area contributed by atoms with Gasteiger partial charge in [0.2, 0.25) is 0 Å². The van der Waals surface area contributed by atoms with Gasteiger partial charge in [0, 0.05) is 11.6 Å². The van der Waals surface area contributed by atoms with E-state index in [9.17, 15) is 18.0 Å². The largest absolute Gasteiger partial charge is 0.573 e. The number of rotatable bonds is 6. The standard InChI is InChI=1S/C26H16Cl2F3N5O2S/c27-21-2-1-3-22(28)24(21)34-25(37)35-39-33-13-15-4-10-19-16(12-15)5-11-23-20(19)14-32-36(23)17-6-8-18(9-7-17)38-26(29,30)31/h1-14H,(H2,34,35,37). The number of alkyl halides is 3. The molecular formula is C26H16Cl2F3N5O2S. The number of aromatic nitrogens is 2. The average Bonchev–Trinajstić information content (AvgIpc) is 3.33. The number of halogens is 5. The Morgan fingerprint density at radius 2 is 1.74 bits per heavy atom. The molecule has 0 saturated heterocycles. The average molecular weight is 590 g/mol. The van der Waals surface area contributed by atoms with Gasteiger partial charge in [-0.05, 0) is 64.9 Å². The van der Waals surface area contributed by atoms with E-state index in [2.05, 4.69) is 24.3 Å². The van der Waals surface area contributed by atoms with E-state index in [0.29, 0.717) is 21.4 Å². The molecule has 0 aliphatic heterocycles. The third-order valence-electron chi connectivity index (χ3n) is 5.50. The Hall–Kier alpha value is -3.93. The van der Waals surface area contributed by atoms with Crippen LogP contribution in [-0.4, -0.2) is 28.4 Å². The first-order chi connectivity index (χ1) is 18.7. The number of para-hydroxylation sites is 1. The van der Waals surface area contributed by atoms with Gasteiger partial charge in [-0.1, -0.05) is 47.5 Å². The second-order valence-corrected chi connectivity index (χ2v) is 9.47. The molecule has 0 atom stereocenters. The van der Waals surface area contributed by atoms with Crippen molar-refractivity contribution in [3.8, 4) is 11.4 Å². The van der Waals surface area contributed by atoms with E-state index in [0.717, 1.165) is 39.4 Å². The summed E-state index contributed by atoms with van der Waals surface area (Å²) < 4.78 is 49.6. The third kappa shape index (κ3) is 6.22. The molecule has 13 heteroatoms. The maximum atomic E-state index is 12.4. The minimum atomic E-state index is -4.75. The molecule has 5 rings (SSSR count). The van der Waals surface area contributed by atoms with Crippen LogP contribution in [0, 0.1) is 0 Å². The summed E-state index contributed by atoms with van der Waals surface area (Å²) in [5.74, 6) is -0.304. The van der Waals surface area contributed by atoms with Crippen LogP contribution in [0.15, 0.2) is 83.4 Å². The molecule has 0 unspecified atom stereocenters. The molecule has 1 heterocycles. The van der Waals surface area contributed by atoms with E-state index in [1.807, 2.05) is 30.3 Å². The molecular weight excluding hydrogens is 574 g/mol. The predicted molar refractivity (Wildman–Crippen MR) is 149 cm³/mol. The van der Waals surface area contributed by atoms with Gasteiger partial charge in [0.15, 0.2) is 0 Å². The highest BCUT2D eigenvalue weighted by Gasteiger charge is 2.31. The summed E-state index contributed by atoms with van der Waals surface area (Å²) in [4.78, 5) is 12.1. The van der Waals surface area contributed by atoms with Crippen LogP contribution in [0.3, 0.4) is 0 Å². The first-order valence-corrected chi connectivity index (χ1v) is 12.7. The van der Waals surface area contributed by atoms with Crippen LogP contribution in [0.4, 0.5) is 23.7 Å². The fourth-order valence-corrected chi connectivity index (χ4v) is 4.70. The molecule has 0 spiro atoms. The minimum Gasteiger partial charge on any atom is -0.406 e. The molecule has 198 valence electrons. The monoisotopic (exact) mass is 589 g/mol. The normalized spacial score (nSPS) is 11.8. The molecule has 1 aromatic heterocycles. The number of amides is 2. The number of carbonyl (C=O) groups excluding carboxylic acids is 1. The van der Waals surface area contributed by atoms with E-state index >= 15 is 0 Å². The van der Waals surface area contributed by atoms with Gasteiger partial charge in [-0.3, -0.25) is 4.72 Å². The molecule has 39 heavy (non-hydrogen) atoms. The molecule has 0 aliphatic carbocycles. The van der Waals surface area contributed by atoms with E-state index in [-0.39, 0.29) is 5.75 Å². The van der Waals surface area contributed by atoms with Crippen molar-refractivity contribution in [2.45, 2.75) is 6.36 Å². The van der Waals surface area contributed by atoms with Crippen molar-refractivity contribution in [2.24, 2.45) is 4.40 Å². The second-order valence-electron chi connectivity index (χ2n) is 8.06. The lowest BCUT2D eigenvalue weighted by Gasteiger charge is -2.10. The van der Waals surface area contributed by atoms with Crippen molar-refractivity contribution in [3.63, 3.8) is 0 Å². The molecule has 0 fully saturated rings. The lowest BCUT2D eigenvalue weighted by molar-refractivity contribution is -0.274. The first-order valence-electron chi connectivity index (χ1n) is 11.1. The number of ether oxygens (including phenoxy) is 1. The van der Waals surface area contributed by atoms with Crippen LogP contribution in [0.1, 0.15) is 5.56 Å². The fraction of sp³-hybridized carbons (Fsp3) is 0.0385. The van der Waals surface area contributed by atoms with Crippen LogP contribution in [-0.2, 0) is 0 Å². The van der Waals surface area contributed by atoms with Crippen molar-refractivity contribution in [3.05, 3.63) is 94.6 Å². The highest BCUT2D eigenvalue weighted by atomic mass is 35.5. The minimum absolute atomic E-state index is 0.304. The molecule has 4 aromatic carbocycles. The number of fused-ring (bicyclic) bond motifs is 3. The van der Waals surface area contributed by atoms with Gasteiger partial charge in [0.1, 0.15) is 5.75 Å². The van der Waals surface area contributed by atoms with E-state index in [4.69, 9.17) is 23.2 Å². The lowest BCUT2D eigenvalue weighted by atomic mass is 10.0. The Labute approximate surface area is 233 Å². The smallest absolute Gasteiger partial charge is 0.406 e. The highest BCUT2D eigenvalue weighted by Crippen LogP contribution is 2.31. The molecule has 2 amide bonds. The molecule has 7 nitrogen and oxygen atoms in total. The molecule has 2 N–H and O–H groups in total. The zero-order valence-electron chi connectivity index (χ0n) is 19.5. The van der Waals surface area contributed by atoms with Gasteiger partial charge in [-0.15, -0.1) is 13.2 Å². The van der Waals surface area contributed by atoms with Gasteiger partial charge in [0.05, 0.1) is 45.3 Å². The zero-order chi connectivity index (χ0) is 27.6. The maximum Gasteiger partial charge on any atom is 0.573 e. The number of nitrogens with one attached hydrogen (secondary N) is 2. The highest BCUT2D eigenvalue weighted by molar-refractivity contribution is 7.96. The topological polar surface area (TPSA) is 80.5 Å². The quantitative estimate of drug-likeness (QED) is 0.154. The maximum absolute atomic E-state index is 12.4. The van der Waals surface area contributed by atoms with E-state index in [1.165, 1.54) is 24.3 Å². The summed E-state index contributed by atoms with van der Waals surface area (Å²) in [7, 11) is 0. The van der Waals surface area contributed by atoms with Crippen molar-refractivity contribution in [1.29, 1.82) is 0 Å². The Morgan fingerprint density at radius 3 is 2.46 bits per heavy atom. The van der Waals surface area contributed by atoms with Crippen LogP contribution in [0.2, 0.25) is 10.0 Å². The van der Waals surface area contributed by atoms with E-state index in [1.54, 1.807) is 35.3 Å². The van der Waals surface area contributed by atoms with Gasteiger partial charge >= 0.3 is 12.4 Å². The van der Waals surface area contributed by atoms with Crippen molar-refractivity contribution >= 4 is 74.9 Å². The van der Waals surface area contributed by atoms with Gasteiger partial charge in [0.25, 0.3) is 0 Å². The van der Waals surface area contributed by atoms with Crippen molar-refractivity contribution in [1.82, 2.24) is 14.5 Å². The Kier molecular flexibility index (Phi) is 7.56. The van der Waals surface area contributed by atoms with Crippen LogP contribution >= 0.6 is 35.3 Å². The Morgan fingerprint density at radius 1 is 1.00 bits per heavy atom. The molecule has 0 saturated carbocycles. The number of hydrogen-bond acceptors (Lipinski definition) is 5. The third-order valence-corrected chi connectivity index (χ3v) is 6.62. The van der Waals surface area contributed by atoms with Gasteiger partial charge in [-0.25, -0.2) is 13.9 Å². The van der Waals surface area contributed by atoms with Gasteiger partial charge in [-0.2, -0.15) is 5.10 Å². The summed E-state index contributed by atoms with van der Waals surface area (Å²) in [5.41, 5.74) is 2.49.